The standard InChI is InChI=1S/C35H29FN6/c1-4-24(20-27(5-2)38-22(3)18-23-10-7-6-8-11-23)29-14-15-31-34(40-29)35(42-41-31)32-21-28-30(39-32)16-17-37-33(28)25-12-9-13-26(36)19-25/h4-17,19-21,38-39H,2-3,18H2,1H3,(H,41,42)/b24-4+,27-20+. The van der Waals surface area contributed by atoms with Gasteiger partial charge in [0.1, 0.15) is 17.0 Å². The molecule has 42 heavy (non-hydrogen) atoms. The van der Waals surface area contributed by atoms with E-state index in [0.29, 0.717) is 23.4 Å². The van der Waals surface area contributed by atoms with Crippen LogP contribution in [-0.2, 0) is 6.42 Å². The van der Waals surface area contributed by atoms with E-state index in [9.17, 15) is 4.39 Å². The smallest absolute Gasteiger partial charge is 0.135 e. The van der Waals surface area contributed by atoms with E-state index < -0.39 is 0 Å². The van der Waals surface area contributed by atoms with E-state index in [0.717, 1.165) is 50.3 Å². The van der Waals surface area contributed by atoms with Crippen LogP contribution in [0.15, 0.2) is 128 Å². The van der Waals surface area contributed by atoms with Gasteiger partial charge in [-0.1, -0.05) is 61.7 Å². The number of H-pyrrole nitrogens is 2. The molecule has 0 saturated heterocycles. The second-order valence-corrected chi connectivity index (χ2v) is 9.92. The molecule has 0 aliphatic carbocycles. The summed E-state index contributed by atoms with van der Waals surface area (Å²) in [5, 5.41) is 11.9. The molecule has 4 heterocycles. The van der Waals surface area contributed by atoms with Crippen molar-refractivity contribution in [2.24, 2.45) is 0 Å². The van der Waals surface area contributed by atoms with Gasteiger partial charge in [0.15, 0.2) is 0 Å². The van der Waals surface area contributed by atoms with Gasteiger partial charge < -0.3 is 10.3 Å². The van der Waals surface area contributed by atoms with Gasteiger partial charge in [-0.25, -0.2) is 9.37 Å². The molecular formula is C35H29FN6. The minimum Gasteiger partial charge on any atom is -0.359 e. The van der Waals surface area contributed by atoms with Crippen molar-refractivity contribution in [3.05, 3.63) is 145 Å². The van der Waals surface area contributed by atoms with Crippen LogP contribution < -0.4 is 5.32 Å². The molecule has 6 nitrogen and oxygen atoms in total. The minimum atomic E-state index is -0.304. The van der Waals surface area contributed by atoms with E-state index in [1.807, 2.05) is 67.6 Å². The summed E-state index contributed by atoms with van der Waals surface area (Å²) in [6, 6.07) is 24.5. The first-order chi connectivity index (χ1) is 20.5. The third kappa shape index (κ3) is 5.40. The number of pyridine rings is 2. The zero-order chi connectivity index (χ0) is 29.1. The summed E-state index contributed by atoms with van der Waals surface area (Å²) >= 11 is 0. The topological polar surface area (TPSA) is 82.3 Å². The molecule has 6 aromatic rings. The molecule has 2 aromatic carbocycles. The first-order valence-corrected chi connectivity index (χ1v) is 13.6. The zero-order valence-electron chi connectivity index (χ0n) is 23.2. The van der Waals surface area contributed by atoms with Crippen molar-refractivity contribution in [1.29, 1.82) is 0 Å². The van der Waals surface area contributed by atoms with Crippen molar-refractivity contribution < 1.29 is 4.39 Å². The molecule has 0 unspecified atom stereocenters. The van der Waals surface area contributed by atoms with Crippen molar-refractivity contribution in [2.45, 2.75) is 13.3 Å². The lowest BCUT2D eigenvalue weighted by molar-refractivity contribution is 0.628. The van der Waals surface area contributed by atoms with E-state index in [1.54, 1.807) is 18.3 Å². The average molecular weight is 553 g/mol. The van der Waals surface area contributed by atoms with E-state index in [1.165, 1.54) is 17.7 Å². The molecule has 0 saturated carbocycles. The highest BCUT2D eigenvalue weighted by Crippen LogP contribution is 2.33. The van der Waals surface area contributed by atoms with E-state index in [4.69, 9.17) is 4.98 Å². The Labute approximate surface area is 243 Å². The van der Waals surface area contributed by atoms with Crippen molar-refractivity contribution in [1.82, 2.24) is 30.5 Å². The number of fused-ring (bicyclic) bond motifs is 2. The Hall–Kier alpha value is -5.56. The molecule has 0 aliphatic heterocycles. The van der Waals surface area contributed by atoms with E-state index in [2.05, 4.69) is 50.8 Å². The summed E-state index contributed by atoms with van der Waals surface area (Å²) in [6.45, 7) is 10.2. The number of aromatic amines is 2. The Morgan fingerprint density at radius 2 is 1.83 bits per heavy atom. The SMILES string of the molecule is C=C/C(=C\C(=C/C)c1ccc2[nH]nc(-c3cc4c(-c5cccc(F)c5)nccc4[nH]3)c2n1)NC(=C)Cc1ccccc1. The van der Waals surface area contributed by atoms with Crippen LogP contribution in [-0.4, -0.2) is 25.1 Å². The Morgan fingerprint density at radius 3 is 2.62 bits per heavy atom. The lowest BCUT2D eigenvalue weighted by atomic mass is 10.1. The van der Waals surface area contributed by atoms with Gasteiger partial charge in [-0.2, -0.15) is 5.10 Å². The first kappa shape index (κ1) is 26.7. The maximum absolute atomic E-state index is 14.0. The number of halogens is 1. The van der Waals surface area contributed by atoms with Gasteiger partial charge in [0.25, 0.3) is 0 Å². The quantitative estimate of drug-likeness (QED) is 0.158. The highest BCUT2D eigenvalue weighted by molar-refractivity contribution is 5.99. The highest BCUT2D eigenvalue weighted by Gasteiger charge is 2.16. The molecular weight excluding hydrogens is 523 g/mol. The third-order valence-electron chi connectivity index (χ3n) is 7.03. The summed E-state index contributed by atoms with van der Waals surface area (Å²) in [5.74, 6) is -0.304. The summed E-state index contributed by atoms with van der Waals surface area (Å²) in [4.78, 5) is 13.0. The lowest BCUT2D eigenvalue weighted by Crippen LogP contribution is -2.12. The number of rotatable bonds is 9. The van der Waals surface area contributed by atoms with Crippen molar-refractivity contribution in [3.8, 4) is 22.6 Å². The van der Waals surface area contributed by atoms with Gasteiger partial charge in [-0.15, -0.1) is 0 Å². The predicted molar refractivity (Wildman–Crippen MR) is 169 cm³/mol. The summed E-state index contributed by atoms with van der Waals surface area (Å²) in [6.07, 6.45) is 8.22. The molecule has 206 valence electrons. The number of nitrogens with zero attached hydrogens (tertiary/aromatic N) is 3. The van der Waals surface area contributed by atoms with Crippen LogP contribution in [0.3, 0.4) is 0 Å². The minimum absolute atomic E-state index is 0.304. The second kappa shape index (κ2) is 11.5. The van der Waals surface area contributed by atoms with Gasteiger partial charge in [-0.05, 0) is 66.6 Å². The van der Waals surface area contributed by atoms with Crippen molar-refractivity contribution in [3.63, 3.8) is 0 Å². The molecule has 0 bridgehead atoms. The fourth-order valence-corrected chi connectivity index (χ4v) is 5.00. The number of nitrogens with one attached hydrogen (secondary N) is 3. The van der Waals surface area contributed by atoms with Gasteiger partial charge >= 0.3 is 0 Å². The van der Waals surface area contributed by atoms with E-state index in [-0.39, 0.29) is 5.82 Å². The van der Waals surface area contributed by atoms with Crippen LogP contribution in [0.2, 0.25) is 0 Å². The monoisotopic (exact) mass is 552 g/mol. The van der Waals surface area contributed by atoms with Gasteiger partial charge in [0.2, 0.25) is 0 Å². The number of aromatic nitrogens is 5. The van der Waals surface area contributed by atoms with Crippen molar-refractivity contribution in [2.75, 3.05) is 0 Å². The Kier molecular flexibility index (Phi) is 7.30. The molecule has 0 atom stereocenters. The van der Waals surface area contributed by atoms with Crippen LogP contribution in [0.25, 0.3) is 50.2 Å². The van der Waals surface area contributed by atoms with Crippen LogP contribution in [0, 0.1) is 5.82 Å². The van der Waals surface area contributed by atoms with Crippen LogP contribution in [0.4, 0.5) is 4.39 Å². The second-order valence-electron chi connectivity index (χ2n) is 9.92. The average Bonchev–Trinajstić information content (AvgIpc) is 3.63. The molecule has 4 aromatic heterocycles. The maximum Gasteiger partial charge on any atom is 0.135 e. The predicted octanol–water partition coefficient (Wildman–Crippen LogP) is 8.13. The molecule has 6 rings (SSSR count). The number of hydrogen-bond donors (Lipinski definition) is 3. The molecule has 0 amide bonds. The summed E-state index contributed by atoms with van der Waals surface area (Å²) in [7, 11) is 0. The number of benzene rings is 2. The van der Waals surface area contributed by atoms with Crippen LogP contribution >= 0.6 is 0 Å². The molecule has 3 N–H and O–H groups in total. The number of hydrogen-bond acceptors (Lipinski definition) is 4. The van der Waals surface area contributed by atoms with Gasteiger partial charge in [0.05, 0.1) is 22.6 Å². The lowest BCUT2D eigenvalue weighted by Gasteiger charge is -2.12. The Balaban J connectivity index is 1.32. The maximum atomic E-state index is 14.0. The molecule has 0 spiro atoms. The fourth-order valence-electron chi connectivity index (χ4n) is 5.00. The van der Waals surface area contributed by atoms with Crippen LogP contribution in [0.5, 0.6) is 0 Å². The summed E-state index contributed by atoms with van der Waals surface area (Å²) < 4.78 is 14.0. The normalized spacial score (nSPS) is 12.1. The number of allylic oxidation sites excluding steroid dienone is 5. The van der Waals surface area contributed by atoms with E-state index >= 15 is 0 Å². The zero-order valence-corrected chi connectivity index (χ0v) is 23.2. The molecule has 0 aliphatic rings. The van der Waals surface area contributed by atoms with Crippen LogP contribution in [0.1, 0.15) is 18.2 Å². The Bertz CT molecular complexity index is 1990. The summed E-state index contributed by atoms with van der Waals surface area (Å²) in [5.41, 5.74) is 9.89. The largest absolute Gasteiger partial charge is 0.359 e. The van der Waals surface area contributed by atoms with Crippen molar-refractivity contribution >= 4 is 27.5 Å². The molecule has 7 heteroatoms. The Morgan fingerprint density at radius 1 is 0.976 bits per heavy atom. The molecule has 0 fully saturated rings. The molecule has 0 radical (unpaired) electrons. The highest BCUT2D eigenvalue weighted by atomic mass is 19.1. The fraction of sp³-hybridized carbons (Fsp3) is 0.0571. The van der Waals surface area contributed by atoms with Gasteiger partial charge in [0, 0.05) is 40.5 Å². The third-order valence-corrected chi connectivity index (χ3v) is 7.03. The van der Waals surface area contributed by atoms with Gasteiger partial charge in [-0.3, -0.25) is 10.1 Å². The first-order valence-electron chi connectivity index (χ1n) is 13.6.